The molecule has 5 nitrogen and oxygen atoms in total. The van der Waals surface area contributed by atoms with Crippen LogP contribution in [0.1, 0.15) is 16.7 Å². The van der Waals surface area contributed by atoms with E-state index in [1.165, 1.54) is 6.08 Å². The minimum absolute atomic E-state index is 0.308. The van der Waals surface area contributed by atoms with E-state index in [2.05, 4.69) is 26.0 Å². The first-order valence-corrected chi connectivity index (χ1v) is 9.93. The van der Waals surface area contributed by atoms with E-state index in [9.17, 15) is 13.2 Å². The predicted octanol–water partition coefficient (Wildman–Crippen LogP) is 2.96. The molecule has 2 N–H and O–H groups in total. The molecule has 2 aromatic carbocycles. The van der Waals surface area contributed by atoms with Crippen LogP contribution < -0.4 is 10.0 Å². The fourth-order valence-corrected chi connectivity index (χ4v) is 2.95. The maximum Gasteiger partial charge on any atom is 0.235 e. The summed E-state index contributed by atoms with van der Waals surface area (Å²) in [5.41, 5.74) is 2.80. The van der Waals surface area contributed by atoms with Gasteiger partial charge in [-0.1, -0.05) is 57.9 Å². The molecule has 0 aliphatic carbocycles. The van der Waals surface area contributed by atoms with Crippen LogP contribution in [0, 0.1) is 6.92 Å². The minimum atomic E-state index is -3.67. The molecule has 0 spiro atoms. The fraction of sp³-hybridized carbons (Fsp3) is 0.167. The largest absolute Gasteiger partial charge is 0.351 e. The molecule has 0 aromatic heterocycles. The minimum Gasteiger partial charge on any atom is -0.351 e. The average Bonchev–Trinajstić information content (AvgIpc) is 2.59. The normalized spacial score (nSPS) is 11.6. The molecule has 0 heterocycles. The Hall–Kier alpha value is -1.96. The van der Waals surface area contributed by atoms with E-state index in [0.717, 1.165) is 26.6 Å². The molecule has 0 bridgehead atoms. The number of benzene rings is 2. The maximum atomic E-state index is 11.9. The number of halogens is 1. The Labute approximate surface area is 156 Å². The Kier molecular flexibility index (Phi) is 6.92. The Balaban J connectivity index is 1.81. The molecular weight excluding hydrogens is 404 g/mol. The van der Waals surface area contributed by atoms with Gasteiger partial charge in [-0.05, 0) is 36.3 Å². The van der Waals surface area contributed by atoms with E-state index in [4.69, 9.17) is 0 Å². The van der Waals surface area contributed by atoms with E-state index in [0.29, 0.717) is 6.54 Å². The van der Waals surface area contributed by atoms with Crippen LogP contribution in [0.15, 0.2) is 58.4 Å². The van der Waals surface area contributed by atoms with Gasteiger partial charge < -0.3 is 5.32 Å². The van der Waals surface area contributed by atoms with Gasteiger partial charge in [-0.3, -0.25) is 4.79 Å². The molecule has 25 heavy (non-hydrogen) atoms. The highest BCUT2D eigenvalue weighted by atomic mass is 79.9. The van der Waals surface area contributed by atoms with Gasteiger partial charge in [-0.15, -0.1) is 0 Å². The number of amides is 1. The molecule has 0 aliphatic rings. The summed E-state index contributed by atoms with van der Waals surface area (Å²) >= 11 is 3.34. The molecule has 132 valence electrons. The van der Waals surface area contributed by atoms with Crippen LogP contribution in [-0.4, -0.2) is 20.9 Å². The zero-order valence-electron chi connectivity index (χ0n) is 13.7. The SMILES string of the molecule is Cc1ccc(/C=C/S(=O)(=O)NCC(=O)NCc2ccc(Br)cc2)cc1. The zero-order chi connectivity index (χ0) is 18.3. The van der Waals surface area contributed by atoms with Crippen molar-refractivity contribution in [1.29, 1.82) is 0 Å². The van der Waals surface area contributed by atoms with E-state index in [1.807, 2.05) is 55.5 Å². The highest BCUT2D eigenvalue weighted by molar-refractivity contribution is 9.10. The third-order valence-electron chi connectivity index (χ3n) is 3.35. The summed E-state index contributed by atoms with van der Waals surface area (Å²) in [7, 11) is -3.67. The fourth-order valence-electron chi connectivity index (χ4n) is 1.93. The molecule has 7 heteroatoms. The first kappa shape index (κ1) is 19.4. The molecule has 2 aromatic rings. The number of hydrogen-bond donors (Lipinski definition) is 2. The number of rotatable bonds is 7. The van der Waals surface area contributed by atoms with Gasteiger partial charge >= 0.3 is 0 Å². The Morgan fingerprint density at radius 3 is 2.36 bits per heavy atom. The summed E-state index contributed by atoms with van der Waals surface area (Å²) in [4.78, 5) is 11.8. The summed E-state index contributed by atoms with van der Waals surface area (Å²) in [5, 5.41) is 3.72. The number of hydrogen-bond acceptors (Lipinski definition) is 3. The number of nitrogens with one attached hydrogen (secondary N) is 2. The van der Waals surface area contributed by atoms with Crippen LogP contribution in [0.25, 0.3) is 6.08 Å². The molecule has 0 radical (unpaired) electrons. The van der Waals surface area contributed by atoms with Crippen LogP contribution in [0.5, 0.6) is 0 Å². The lowest BCUT2D eigenvalue weighted by atomic mass is 10.2. The maximum absolute atomic E-state index is 11.9. The van der Waals surface area contributed by atoms with Crippen molar-refractivity contribution in [2.45, 2.75) is 13.5 Å². The molecule has 0 aliphatic heterocycles. The van der Waals surface area contributed by atoms with Crippen LogP contribution in [0.3, 0.4) is 0 Å². The molecule has 0 atom stereocenters. The van der Waals surface area contributed by atoms with Gasteiger partial charge in [0.25, 0.3) is 0 Å². The highest BCUT2D eigenvalue weighted by Gasteiger charge is 2.08. The smallest absolute Gasteiger partial charge is 0.235 e. The second-order valence-electron chi connectivity index (χ2n) is 5.48. The van der Waals surface area contributed by atoms with Crippen molar-refractivity contribution in [2.75, 3.05) is 6.54 Å². The average molecular weight is 423 g/mol. The Bertz CT molecular complexity index is 845. The van der Waals surface area contributed by atoms with Crippen molar-refractivity contribution in [1.82, 2.24) is 10.0 Å². The van der Waals surface area contributed by atoms with E-state index >= 15 is 0 Å². The van der Waals surface area contributed by atoms with Crippen LogP contribution in [0.4, 0.5) is 0 Å². The number of sulfonamides is 1. The zero-order valence-corrected chi connectivity index (χ0v) is 16.1. The number of aryl methyl sites for hydroxylation is 1. The van der Waals surface area contributed by atoms with Gasteiger partial charge in [0.1, 0.15) is 0 Å². The third-order valence-corrected chi connectivity index (χ3v) is 4.92. The molecule has 0 saturated heterocycles. The Morgan fingerprint density at radius 1 is 1.08 bits per heavy atom. The molecule has 2 rings (SSSR count). The van der Waals surface area contributed by atoms with Gasteiger partial charge in [-0.2, -0.15) is 0 Å². The van der Waals surface area contributed by atoms with Crippen molar-refractivity contribution < 1.29 is 13.2 Å². The number of carbonyl (C=O) groups excluding carboxylic acids is 1. The van der Waals surface area contributed by atoms with Gasteiger partial charge in [0.05, 0.1) is 6.54 Å². The predicted molar refractivity (Wildman–Crippen MR) is 103 cm³/mol. The topological polar surface area (TPSA) is 75.3 Å². The summed E-state index contributed by atoms with van der Waals surface area (Å²) in [6, 6.07) is 14.9. The van der Waals surface area contributed by atoms with Crippen molar-refractivity contribution in [3.63, 3.8) is 0 Å². The van der Waals surface area contributed by atoms with E-state index in [1.54, 1.807) is 0 Å². The van der Waals surface area contributed by atoms with Gasteiger partial charge in [0, 0.05) is 16.4 Å². The molecule has 0 fully saturated rings. The van der Waals surface area contributed by atoms with Crippen molar-refractivity contribution in [3.05, 3.63) is 75.1 Å². The first-order chi connectivity index (χ1) is 11.8. The van der Waals surface area contributed by atoms with Gasteiger partial charge in [0.15, 0.2) is 0 Å². The van der Waals surface area contributed by atoms with Gasteiger partial charge in [0.2, 0.25) is 15.9 Å². The first-order valence-electron chi connectivity index (χ1n) is 7.60. The molecule has 1 amide bonds. The summed E-state index contributed by atoms with van der Waals surface area (Å²) in [6.07, 6.45) is 1.49. The highest BCUT2D eigenvalue weighted by Crippen LogP contribution is 2.10. The number of carbonyl (C=O) groups is 1. The summed E-state index contributed by atoms with van der Waals surface area (Å²) < 4.78 is 27.0. The monoisotopic (exact) mass is 422 g/mol. The second-order valence-corrected chi connectivity index (χ2v) is 8.05. The summed E-state index contributed by atoms with van der Waals surface area (Å²) in [5.74, 6) is -0.393. The van der Waals surface area contributed by atoms with E-state index in [-0.39, 0.29) is 6.54 Å². The van der Waals surface area contributed by atoms with E-state index < -0.39 is 15.9 Å². The lowest BCUT2D eigenvalue weighted by Gasteiger charge is -2.06. The van der Waals surface area contributed by atoms with Crippen LogP contribution >= 0.6 is 15.9 Å². The summed E-state index contributed by atoms with van der Waals surface area (Å²) in [6.45, 7) is 1.99. The molecule has 0 saturated carbocycles. The van der Waals surface area contributed by atoms with Gasteiger partial charge in [-0.25, -0.2) is 13.1 Å². The lowest BCUT2D eigenvalue weighted by molar-refractivity contribution is -0.120. The Morgan fingerprint density at radius 2 is 1.72 bits per heavy atom. The molecule has 0 unspecified atom stereocenters. The van der Waals surface area contributed by atoms with Crippen molar-refractivity contribution >= 4 is 37.9 Å². The van der Waals surface area contributed by atoms with Crippen molar-refractivity contribution in [3.8, 4) is 0 Å². The third kappa shape index (κ3) is 7.21. The quantitative estimate of drug-likeness (QED) is 0.719. The van der Waals surface area contributed by atoms with Crippen molar-refractivity contribution in [2.24, 2.45) is 0 Å². The van der Waals surface area contributed by atoms with Crippen LogP contribution in [0.2, 0.25) is 0 Å². The standard InChI is InChI=1S/C18H19BrN2O3S/c1-14-2-4-15(5-3-14)10-11-25(23,24)21-13-18(22)20-12-16-6-8-17(19)9-7-16/h2-11,21H,12-13H2,1H3,(H,20,22)/b11-10+. The second kappa shape index (κ2) is 8.94. The lowest BCUT2D eigenvalue weighted by Crippen LogP contribution is -2.35. The molecular formula is C18H19BrN2O3S. The van der Waals surface area contributed by atoms with Crippen LogP contribution in [-0.2, 0) is 21.4 Å².